The second kappa shape index (κ2) is 7.61. The summed E-state index contributed by atoms with van der Waals surface area (Å²) in [5.74, 6) is 1.35. The van der Waals surface area contributed by atoms with Gasteiger partial charge in [0.05, 0.1) is 23.8 Å². The highest BCUT2D eigenvalue weighted by Gasteiger charge is 2.07. The predicted octanol–water partition coefficient (Wildman–Crippen LogP) is 3.25. The molecule has 0 bridgehead atoms. The van der Waals surface area contributed by atoms with Crippen LogP contribution in [0.15, 0.2) is 44.2 Å². The molecule has 0 radical (unpaired) electrons. The zero-order valence-electron chi connectivity index (χ0n) is 11.4. The highest BCUT2D eigenvalue weighted by atomic mass is 79.9. The van der Waals surface area contributed by atoms with E-state index >= 15 is 0 Å². The summed E-state index contributed by atoms with van der Waals surface area (Å²) in [6, 6.07) is 7.44. The number of hydrogen-bond acceptors (Lipinski definition) is 4. The summed E-state index contributed by atoms with van der Waals surface area (Å²) in [4.78, 5) is 11.9. The minimum Gasteiger partial charge on any atom is -0.490 e. The van der Waals surface area contributed by atoms with Gasteiger partial charge < -0.3 is 9.47 Å². The molecule has 0 saturated heterocycles. The van der Waals surface area contributed by atoms with Gasteiger partial charge in [-0.15, -0.1) is 0 Å². The van der Waals surface area contributed by atoms with Crippen LogP contribution in [0.1, 0.15) is 6.92 Å². The maximum Gasteiger partial charge on any atom is 0.282 e. The number of ether oxygens (including phenoxy) is 2. The van der Waals surface area contributed by atoms with E-state index < -0.39 is 0 Å². The maximum atomic E-state index is 11.9. The number of nitrogens with zero attached hydrogens (tertiary/aromatic N) is 2. The van der Waals surface area contributed by atoms with Crippen LogP contribution in [0.3, 0.4) is 0 Å². The molecule has 1 aromatic heterocycles. The first-order valence-corrected chi connectivity index (χ1v) is 7.97. The van der Waals surface area contributed by atoms with E-state index in [0.29, 0.717) is 40.2 Å². The average Bonchev–Trinajstić information content (AvgIpc) is 2.49. The highest BCUT2D eigenvalue weighted by Crippen LogP contribution is 2.26. The fraction of sp³-hybridized carbons (Fsp3) is 0.286. The third kappa shape index (κ3) is 4.07. The Morgan fingerprint density at radius 2 is 1.86 bits per heavy atom. The van der Waals surface area contributed by atoms with Gasteiger partial charge in [0.2, 0.25) is 0 Å². The van der Waals surface area contributed by atoms with Gasteiger partial charge in [0.15, 0.2) is 11.5 Å². The van der Waals surface area contributed by atoms with Crippen LogP contribution >= 0.6 is 31.9 Å². The summed E-state index contributed by atoms with van der Waals surface area (Å²) in [5.41, 5.74) is -0.203. The van der Waals surface area contributed by atoms with Gasteiger partial charge in [-0.2, -0.15) is 5.10 Å². The average molecular weight is 418 g/mol. The quantitative estimate of drug-likeness (QED) is 0.723. The molecule has 0 unspecified atom stereocenters. The van der Waals surface area contributed by atoms with Gasteiger partial charge in [0, 0.05) is 0 Å². The topological polar surface area (TPSA) is 53.4 Å². The molecule has 112 valence electrons. The smallest absolute Gasteiger partial charge is 0.282 e. The van der Waals surface area contributed by atoms with E-state index in [1.54, 1.807) is 6.20 Å². The molecule has 0 aliphatic rings. The van der Waals surface area contributed by atoms with E-state index in [9.17, 15) is 4.79 Å². The number of para-hydroxylation sites is 2. The molecule has 0 saturated carbocycles. The van der Waals surface area contributed by atoms with Crippen LogP contribution in [0.5, 0.6) is 11.5 Å². The third-order valence-electron chi connectivity index (χ3n) is 2.65. The number of hydrogen-bond donors (Lipinski definition) is 0. The molecular formula is C14H14Br2N2O3. The van der Waals surface area contributed by atoms with Crippen molar-refractivity contribution in [1.82, 2.24) is 9.78 Å². The van der Waals surface area contributed by atoms with Crippen molar-refractivity contribution in [1.29, 1.82) is 0 Å². The van der Waals surface area contributed by atoms with Crippen molar-refractivity contribution in [3.63, 3.8) is 0 Å². The Morgan fingerprint density at radius 1 is 1.19 bits per heavy atom. The fourth-order valence-corrected chi connectivity index (χ4v) is 2.26. The normalized spacial score (nSPS) is 10.4. The lowest BCUT2D eigenvalue weighted by molar-refractivity contribution is 0.260. The number of rotatable bonds is 6. The molecule has 2 aromatic rings. The highest BCUT2D eigenvalue weighted by molar-refractivity contribution is 9.13. The van der Waals surface area contributed by atoms with Gasteiger partial charge in [-0.25, -0.2) is 4.68 Å². The van der Waals surface area contributed by atoms with Crippen molar-refractivity contribution in [2.24, 2.45) is 0 Å². The largest absolute Gasteiger partial charge is 0.490 e. The fourth-order valence-electron chi connectivity index (χ4n) is 1.69. The lowest BCUT2D eigenvalue weighted by atomic mass is 10.3. The molecule has 0 aliphatic heterocycles. The molecule has 0 spiro atoms. The third-order valence-corrected chi connectivity index (χ3v) is 4.55. The van der Waals surface area contributed by atoms with E-state index in [4.69, 9.17) is 9.47 Å². The van der Waals surface area contributed by atoms with Crippen LogP contribution in [0.4, 0.5) is 0 Å². The Kier molecular flexibility index (Phi) is 5.81. The van der Waals surface area contributed by atoms with Crippen LogP contribution < -0.4 is 15.0 Å². The molecule has 1 aromatic carbocycles. The molecule has 0 amide bonds. The Labute approximate surface area is 139 Å². The Balaban J connectivity index is 2.02. The number of aromatic nitrogens is 2. The van der Waals surface area contributed by atoms with Crippen LogP contribution in [0.25, 0.3) is 0 Å². The standard InChI is InChI=1S/C14H14Br2N2O3/c1-2-20-11-5-3-4-6-12(11)21-8-7-18-14(19)13(16)10(15)9-17-18/h3-6,9H,2,7-8H2,1H3. The first kappa shape index (κ1) is 16.0. The summed E-state index contributed by atoms with van der Waals surface area (Å²) in [7, 11) is 0. The van der Waals surface area contributed by atoms with E-state index in [0.717, 1.165) is 0 Å². The van der Waals surface area contributed by atoms with Crippen molar-refractivity contribution in [3.8, 4) is 11.5 Å². The Hall–Kier alpha value is -1.34. The van der Waals surface area contributed by atoms with E-state index in [1.807, 2.05) is 31.2 Å². The molecule has 0 aliphatic carbocycles. The molecule has 0 fully saturated rings. The first-order valence-electron chi connectivity index (χ1n) is 6.39. The monoisotopic (exact) mass is 416 g/mol. The van der Waals surface area contributed by atoms with E-state index in [1.165, 1.54) is 4.68 Å². The van der Waals surface area contributed by atoms with Gasteiger partial charge >= 0.3 is 0 Å². The number of benzene rings is 1. The molecule has 21 heavy (non-hydrogen) atoms. The minimum atomic E-state index is -0.203. The van der Waals surface area contributed by atoms with Gasteiger partial charge in [0.1, 0.15) is 11.1 Å². The van der Waals surface area contributed by atoms with Crippen molar-refractivity contribution in [2.45, 2.75) is 13.5 Å². The number of halogens is 2. The molecule has 2 rings (SSSR count). The zero-order valence-corrected chi connectivity index (χ0v) is 14.6. The summed E-state index contributed by atoms with van der Waals surface area (Å²) in [6.45, 7) is 3.16. The van der Waals surface area contributed by atoms with Gasteiger partial charge in [-0.1, -0.05) is 12.1 Å². The van der Waals surface area contributed by atoms with Crippen molar-refractivity contribution >= 4 is 31.9 Å². The Bertz CT molecular complexity index is 674. The van der Waals surface area contributed by atoms with Crippen molar-refractivity contribution < 1.29 is 9.47 Å². The molecule has 7 heteroatoms. The van der Waals surface area contributed by atoms with E-state index in [-0.39, 0.29) is 5.56 Å². The first-order chi connectivity index (χ1) is 10.1. The van der Waals surface area contributed by atoms with Gasteiger partial charge in [-0.05, 0) is 50.9 Å². The molecular weight excluding hydrogens is 404 g/mol. The summed E-state index contributed by atoms with van der Waals surface area (Å²) >= 11 is 6.46. The molecule has 0 N–H and O–H groups in total. The van der Waals surface area contributed by atoms with Crippen molar-refractivity contribution in [3.05, 3.63) is 49.8 Å². The molecule has 1 heterocycles. The zero-order chi connectivity index (χ0) is 15.2. The van der Waals surface area contributed by atoms with Crippen LogP contribution in [0, 0.1) is 0 Å². The SMILES string of the molecule is CCOc1ccccc1OCCn1ncc(Br)c(Br)c1=O. The van der Waals surface area contributed by atoms with Crippen LogP contribution in [0.2, 0.25) is 0 Å². The second-order valence-electron chi connectivity index (χ2n) is 4.06. The summed E-state index contributed by atoms with van der Waals surface area (Å²) < 4.78 is 13.6. The lowest BCUT2D eigenvalue weighted by Crippen LogP contribution is -2.26. The molecule has 0 atom stereocenters. The predicted molar refractivity (Wildman–Crippen MR) is 87.0 cm³/mol. The van der Waals surface area contributed by atoms with E-state index in [2.05, 4.69) is 37.0 Å². The van der Waals surface area contributed by atoms with Crippen LogP contribution in [-0.4, -0.2) is 23.0 Å². The lowest BCUT2D eigenvalue weighted by Gasteiger charge is -2.12. The second-order valence-corrected chi connectivity index (χ2v) is 5.71. The maximum absolute atomic E-state index is 11.9. The summed E-state index contributed by atoms with van der Waals surface area (Å²) in [6.07, 6.45) is 1.57. The Morgan fingerprint density at radius 3 is 2.52 bits per heavy atom. The van der Waals surface area contributed by atoms with Crippen molar-refractivity contribution in [2.75, 3.05) is 13.2 Å². The van der Waals surface area contributed by atoms with Gasteiger partial charge in [-0.3, -0.25) is 4.79 Å². The van der Waals surface area contributed by atoms with Crippen LogP contribution in [-0.2, 0) is 6.54 Å². The summed E-state index contributed by atoms with van der Waals surface area (Å²) in [5, 5.41) is 4.04. The molecule has 5 nitrogen and oxygen atoms in total. The minimum absolute atomic E-state index is 0.203. The van der Waals surface area contributed by atoms with Gasteiger partial charge in [0.25, 0.3) is 5.56 Å².